The van der Waals surface area contributed by atoms with E-state index in [2.05, 4.69) is 15.3 Å². The molecule has 16 nitrogen and oxygen atoms in total. The van der Waals surface area contributed by atoms with Crippen LogP contribution in [0.3, 0.4) is 0 Å². The van der Waals surface area contributed by atoms with Crippen LogP contribution in [-0.2, 0) is 34.4 Å². The number of halogens is 2. The number of nitrogens with zero attached hydrogens (tertiary/aromatic N) is 6. The summed E-state index contributed by atoms with van der Waals surface area (Å²) in [6.45, 7) is 8.11. The molecule has 5 heterocycles. The fraction of sp³-hybridized carbons (Fsp3) is 0.340. The summed E-state index contributed by atoms with van der Waals surface area (Å²) in [5.74, 6) is -3.72. The number of hydrogen-bond donors (Lipinski definition) is 2. The summed E-state index contributed by atoms with van der Waals surface area (Å²) in [5, 5.41) is 20.5. The molecule has 352 valence electrons. The lowest BCUT2D eigenvalue weighted by Crippen LogP contribution is -2.54. The Bertz CT molecular complexity index is 3080. The van der Waals surface area contributed by atoms with Crippen LogP contribution in [0.15, 0.2) is 66.7 Å². The number of carboxylic acids is 1. The molecule has 3 aliphatic heterocycles. The minimum absolute atomic E-state index is 0.00675. The second-order valence-electron chi connectivity index (χ2n) is 17.4. The van der Waals surface area contributed by atoms with Gasteiger partial charge in [0.1, 0.15) is 29.1 Å². The quantitative estimate of drug-likeness (QED) is 0.0919. The van der Waals surface area contributed by atoms with E-state index in [4.69, 9.17) is 21.1 Å². The first-order chi connectivity index (χ1) is 32.6. The highest BCUT2D eigenvalue weighted by Gasteiger charge is 2.46. The van der Waals surface area contributed by atoms with Crippen LogP contribution in [0.5, 0.6) is 11.5 Å². The van der Waals surface area contributed by atoms with Gasteiger partial charge in [0, 0.05) is 80.3 Å². The number of ether oxygens (including phenoxy) is 2. The van der Waals surface area contributed by atoms with Crippen molar-refractivity contribution in [3.05, 3.63) is 111 Å². The van der Waals surface area contributed by atoms with E-state index in [1.165, 1.54) is 24.3 Å². The molecule has 2 saturated heterocycles. The molecule has 2 atom stereocenters. The maximum Gasteiger partial charge on any atom is 0.352 e. The Morgan fingerprint density at radius 3 is 2.37 bits per heavy atom. The third-order valence-corrected chi connectivity index (χ3v) is 13.6. The van der Waals surface area contributed by atoms with Crippen LogP contribution < -0.4 is 14.8 Å². The topological polar surface area (TPSA) is 186 Å². The average molecular weight is 946 g/mol. The van der Waals surface area contributed by atoms with E-state index in [0.29, 0.717) is 84.9 Å². The number of benzene rings is 4. The highest BCUT2D eigenvalue weighted by molar-refractivity contribution is 6.35. The van der Waals surface area contributed by atoms with Crippen LogP contribution in [0.2, 0.25) is 5.02 Å². The molecule has 0 unspecified atom stereocenters. The second kappa shape index (κ2) is 18.5. The normalized spacial score (nSPS) is 17.0. The largest absolute Gasteiger partial charge is 0.493 e. The zero-order valence-electron chi connectivity index (χ0n) is 37.9. The van der Waals surface area contributed by atoms with Gasteiger partial charge in [0.05, 0.1) is 34.0 Å². The van der Waals surface area contributed by atoms with Crippen LogP contribution in [0.1, 0.15) is 74.3 Å². The summed E-state index contributed by atoms with van der Waals surface area (Å²) in [6, 6.07) is 17.0. The van der Waals surface area contributed by atoms with Crippen molar-refractivity contribution in [3.63, 3.8) is 0 Å². The molecule has 6 aromatic rings. The van der Waals surface area contributed by atoms with Crippen molar-refractivity contribution in [3.8, 4) is 22.6 Å². The molecule has 18 heteroatoms. The molecule has 9 rings (SSSR count). The van der Waals surface area contributed by atoms with Gasteiger partial charge < -0.3 is 24.0 Å². The molecule has 0 spiro atoms. The molecule has 4 aromatic carbocycles. The summed E-state index contributed by atoms with van der Waals surface area (Å²) in [7, 11) is 1.85. The number of carbonyl (C=O) groups is 6. The SMILES string of the molecule is Cc1nn(C)c(C)c1-c1c(Cl)ccc2c(CCCOc3cccc4cc(F)ccc34)c(C(=O)O)n(CCN3CCN(C(=O)[C@H](C)Oc4cccc5c4C(=O)N([C@H]4CCC(=O)NC4=O)C5=O)CC3)c12. The number of rotatable bonds is 14. The highest BCUT2D eigenvalue weighted by Crippen LogP contribution is 2.42. The number of hydrogen-bond acceptors (Lipinski definition) is 10. The van der Waals surface area contributed by atoms with Crippen LogP contribution in [0.25, 0.3) is 32.8 Å². The predicted molar refractivity (Wildman–Crippen MR) is 250 cm³/mol. The molecule has 68 heavy (non-hydrogen) atoms. The van der Waals surface area contributed by atoms with Crippen molar-refractivity contribution in [2.75, 3.05) is 39.3 Å². The number of piperazine rings is 1. The summed E-state index contributed by atoms with van der Waals surface area (Å²) < 4.78 is 29.9. The third kappa shape index (κ3) is 8.33. The van der Waals surface area contributed by atoms with Crippen LogP contribution in [0.4, 0.5) is 4.39 Å². The van der Waals surface area contributed by atoms with Gasteiger partial charge in [-0.25, -0.2) is 9.18 Å². The number of amides is 5. The summed E-state index contributed by atoms with van der Waals surface area (Å²) in [5.41, 5.74) is 4.64. The fourth-order valence-corrected chi connectivity index (χ4v) is 10.1. The lowest BCUT2D eigenvalue weighted by Gasteiger charge is -2.36. The van der Waals surface area contributed by atoms with Crippen molar-refractivity contribution in [2.24, 2.45) is 7.05 Å². The van der Waals surface area contributed by atoms with Crippen LogP contribution in [-0.4, -0.2) is 121 Å². The molecular weight excluding hydrogens is 897 g/mol. The molecule has 2 N–H and O–H groups in total. The predicted octanol–water partition coefficient (Wildman–Crippen LogP) is 6.33. The fourth-order valence-electron chi connectivity index (χ4n) is 9.88. The van der Waals surface area contributed by atoms with E-state index in [1.54, 1.807) is 40.8 Å². The molecule has 0 saturated carbocycles. The second-order valence-corrected chi connectivity index (χ2v) is 17.8. The molecule has 0 radical (unpaired) electrons. The summed E-state index contributed by atoms with van der Waals surface area (Å²) in [4.78, 5) is 83.3. The molecule has 2 fully saturated rings. The number of aromatic nitrogens is 3. The monoisotopic (exact) mass is 945 g/mol. The highest BCUT2D eigenvalue weighted by atomic mass is 35.5. The molecule has 3 aliphatic rings. The zero-order chi connectivity index (χ0) is 48.1. The smallest absolute Gasteiger partial charge is 0.352 e. The number of aromatic carboxylic acids is 1. The lowest BCUT2D eigenvalue weighted by molar-refractivity contribution is -0.140. The van der Waals surface area contributed by atoms with Crippen molar-refractivity contribution >= 4 is 68.8 Å². The standard InChI is InChI=1S/C50H49ClFN7O9/c1-27-41(28(2)55(4)54-27)43-36(51)16-15-34-33(10-7-25-67-38-11-5-8-30-26-31(52)13-14-32(30)38)45(50(65)66)58(44(34)43)24-21-56-19-22-57(23-20-56)47(62)29(3)68-39-12-6-9-35-42(39)49(64)59(48(35)63)37-17-18-40(60)53-46(37)61/h5-6,8-9,11-16,26,29,37H,7,10,17-25H2,1-4H3,(H,65,66)(H,53,60,61)/t29-,37-/m0/s1. The molecule has 2 aromatic heterocycles. The first-order valence-electron chi connectivity index (χ1n) is 22.5. The van der Waals surface area contributed by atoms with E-state index in [0.717, 1.165) is 32.6 Å². The Hall–Kier alpha value is -7.11. The minimum Gasteiger partial charge on any atom is -0.493 e. The number of nitrogens with one attached hydrogen (secondary N) is 1. The van der Waals surface area contributed by atoms with E-state index in [9.17, 15) is 38.3 Å². The maximum atomic E-state index is 14.0. The number of fused-ring (bicyclic) bond motifs is 3. The van der Waals surface area contributed by atoms with E-state index in [1.807, 2.05) is 43.7 Å². The Kier molecular flexibility index (Phi) is 12.5. The Balaban J connectivity index is 0.912. The zero-order valence-corrected chi connectivity index (χ0v) is 38.7. The first-order valence-corrected chi connectivity index (χ1v) is 22.9. The average Bonchev–Trinajstić information content (AvgIpc) is 3.87. The van der Waals surface area contributed by atoms with Crippen molar-refractivity contribution < 1.29 is 47.7 Å². The van der Waals surface area contributed by atoms with E-state index >= 15 is 0 Å². The van der Waals surface area contributed by atoms with Gasteiger partial charge in [-0.15, -0.1) is 0 Å². The number of imide groups is 2. The van der Waals surface area contributed by atoms with Gasteiger partial charge in [-0.05, 0) is 93.4 Å². The van der Waals surface area contributed by atoms with E-state index in [-0.39, 0.29) is 53.7 Å². The van der Waals surface area contributed by atoms with Gasteiger partial charge in [0.2, 0.25) is 11.8 Å². The van der Waals surface area contributed by atoms with Crippen molar-refractivity contribution in [2.45, 2.75) is 65.1 Å². The van der Waals surface area contributed by atoms with Gasteiger partial charge >= 0.3 is 5.97 Å². The number of aryl methyl sites for hydroxylation is 3. The van der Waals surface area contributed by atoms with Gasteiger partial charge in [-0.3, -0.25) is 43.8 Å². The maximum absolute atomic E-state index is 14.0. The Labute approximate surface area is 395 Å². The number of piperidine rings is 1. The van der Waals surface area contributed by atoms with Crippen LogP contribution >= 0.6 is 11.6 Å². The molecule has 5 amide bonds. The molecule has 0 aliphatic carbocycles. The molecule has 0 bridgehead atoms. The van der Waals surface area contributed by atoms with Crippen LogP contribution in [0, 0.1) is 19.7 Å². The summed E-state index contributed by atoms with van der Waals surface area (Å²) >= 11 is 7.06. The van der Waals surface area contributed by atoms with Gasteiger partial charge in [0.25, 0.3) is 17.7 Å². The minimum atomic E-state index is -1.14. The number of carboxylic acid groups (broad SMARTS) is 1. The lowest BCUT2D eigenvalue weighted by atomic mass is 9.98. The molecular formula is C50H49ClFN7O9. The summed E-state index contributed by atoms with van der Waals surface area (Å²) in [6.07, 6.45) is -0.176. The van der Waals surface area contributed by atoms with Gasteiger partial charge in [-0.1, -0.05) is 35.9 Å². The Morgan fingerprint density at radius 2 is 1.65 bits per heavy atom. The van der Waals surface area contributed by atoms with Crippen molar-refractivity contribution in [1.82, 2.24) is 34.4 Å². The van der Waals surface area contributed by atoms with Gasteiger partial charge in [0.15, 0.2) is 6.10 Å². The Morgan fingerprint density at radius 1 is 0.912 bits per heavy atom. The third-order valence-electron chi connectivity index (χ3n) is 13.3. The van der Waals surface area contributed by atoms with E-state index < -0.39 is 41.7 Å². The number of carbonyl (C=O) groups excluding carboxylic acids is 5. The van der Waals surface area contributed by atoms with Gasteiger partial charge in [-0.2, -0.15) is 5.10 Å². The van der Waals surface area contributed by atoms with Crippen molar-refractivity contribution in [1.29, 1.82) is 0 Å². The first kappa shape index (κ1) is 46.0.